The summed E-state index contributed by atoms with van der Waals surface area (Å²) < 4.78 is 0. The molecule has 1 saturated heterocycles. The maximum Gasteiger partial charge on any atom is 0.233 e. The minimum atomic E-state index is -0.0886. The molecule has 3 nitrogen and oxygen atoms in total. The standard InChI is InChI=1S/C18H27ClN2OS/c1-15(23-17-9-7-16(19)8-10-17)18(22)20-11-6-14-21-12-4-2-3-5-13-21/h7-10,15H,2-6,11-14H2,1H3,(H,20,22)/t15-/m1/s1. The van der Waals surface area contributed by atoms with Gasteiger partial charge in [0.05, 0.1) is 5.25 Å². The fraction of sp³-hybridized carbons (Fsp3) is 0.611. The molecule has 1 heterocycles. The van der Waals surface area contributed by atoms with Gasteiger partial charge in [0.25, 0.3) is 0 Å². The first kappa shape index (κ1) is 18.6. The Morgan fingerprint density at radius 3 is 2.52 bits per heavy atom. The zero-order chi connectivity index (χ0) is 16.5. The van der Waals surface area contributed by atoms with E-state index in [0.29, 0.717) is 0 Å². The summed E-state index contributed by atoms with van der Waals surface area (Å²) in [6, 6.07) is 7.62. The van der Waals surface area contributed by atoms with Gasteiger partial charge in [0.2, 0.25) is 5.91 Å². The molecular formula is C18H27ClN2OS. The van der Waals surface area contributed by atoms with E-state index in [2.05, 4.69) is 10.2 Å². The molecule has 23 heavy (non-hydrogen) atoms. The highest BCUT2D eigenvalue weighted by molar-refractivity contribution is 8.00. The van der Waals surface area contributed by atoms with Crippen molar-refractivity contribution in [2.45, 2.75) is 49.2 Å². The van der Waals surface area contributed by atoms with Gasteiger partial charge in [-0.05, 0) is 70.1 Å². The van der Waals surface area contributed by atoms with Gasteiger partial charge in [0.15, 0.2) is 0 Å². The summed E-state index contributed by atoms with van der Waals surface area (Å²) in [5.74, 6) is 0.112. The second kappa shape index (κ2) is 10.2. The van der Waals surface area contributed by atoms with Crippen LogP contribution in [-0.2, 0) is 4.79 Å². The van der Waals surface area contributed by atoms with Crippen molar-refractivity contribution in [1.82, 2.24) is 10.2 Å². The largest absolute Gasteiger partial charge is 0.355 e. The number of hydrogen-bond donors (Lipinski definition) is 1. The predicted octanol–water partition coefficient (Wildman–Crippen LogP) is 4.20. The summed E-state index contributed by atoms with van der Waals surface area (Å²) in [5.41, 5.74) is 0. The van der Waals surface area contributed by atoms with E-state index in [4.69, 9.17) is 11.6 Å². The van der Waals surface area contributed by atoms with Crippen molar-refractivity contribution in [3.05, 3.63) is 29.3 Å². The van der Waals surface area contributed by atoms with Crippen LogP contribution >= 0.6 is 23.4 Å². The minimum absolute atomic E-state index is 0.0886. The first-order valence-corrected chi connectivity index (χ1v) is 9.83. The number of thioether (sulfide) groups is 1. The average Bonchev–Trinajstić information content (AvgIpc) is 2.82. The van der Waals surface area contributed by atoms with Crippen LogP contribution in [0, 0.1) is 0 Å². The van der Waals surface area contributed by atoms with E-state index in [1.54, 1.807) is 11.8 Å². The fourth-order valence-corrected chi connectivity index (χ4v) is 3.81. The first-order chi connectivity index (χ1) is 11.1. The maximum absolute atomic E-state index is 12.1. The zero-order valence-electron chi connectivity index (χ0n) is 13.9. The Morgan fingerprint density at radius 1 is 1.22 bits per heavy atom. The monoisotopic (exact) mass is 354 g/mol. The van der Waals surface area contributed by atoms with Crippen LogP contribution in [0.1, 0.15) is 39.0 Å². The van der Waals surface area contributed by atoms with Crippen LogP contribution in [0.4, 0.5) is 0 Å². The highest BCUT2D eigenvalue weighted by Crippen LogP contribution is 2.24. The van der Waals surface area contributed by atoms with E-state index in [1.165, 1.54) is 38.8 Å². The van der Waals surface area contributed by atoms with E-state index in [9.17, 15) is 4.79 Å². The second-order valence-electron chi connectivity index (χ2n) is 6.11. The molecule has 1 atom stereocenters. The van der Waals surface area contributed by atoms with Gasteiger partial charge >= 0.3 is 0 Å². The Balaban J connectivity index is 1.62. The number of rotatable bonds is 7. The number of nitrogens with zero attached hydrogens (tertiary/aromatic N) is 1. The first-order valence-electron chi connectivity index (χ1n) is 8.57. The topological polar surface area (TPSA) is 32.3 Å². The average molecular weight is 355 g/mol. The normalized spacial score (nSPS) is 17.5. The SMILES string of the molecule is C[C@@H](Sc1ccc(Cl)cc1)C(=O)NCCCN1CCCCCC1. The van der Waals surface area contributed by atoms with E-state index in [1.807, 2.05) is 31.2 Å². The van der Waals surface area contributed by atoms with E-state index >= 15 is 0 Å². The molecule has 0 bridgehead atoms. The van der Waals surface area contributed by atoms with Crippen LogP contribution in [0.5, 0.6) is 0 Å². The van der Waals surface area contributed by atoms with E-state index in [0.717, 1.165) is 29.4 Å². The lowest BCUT2D eigenvalue weighted by atomic mass is 10.2. The van der Waals surface area contributed by atoms with Crippen LogP contribution in [-0.4, -0.2) is 42.2 Å². The smallest absolute Gasteiger partial charge is 0.233 e. The molecule has 1 amide bonds. The molecule has 0 radical (unpaired) electrons. The van der Waals surface area contributed by atoms with Crippen molar-refractivity contribution >= 4 is 29.3 Å². The molecule has 1 aliphatic heterocycles. The number of hydrogen-bond acceptors (Lipinski definition) is 3. The van der Waals surface area contributed by atoms with Crippen molar-refractivity contribution in [1.29, 1.82) is 0 Å². The van der Waals surface area contributed by atoms with Crippen molar-refractivity contribution < 1.29 is 4.79 Å². The Hall–Kier alpha value is -0.710. The number of likely N-dealkylation sites (tertiary alicyclic amines) is 1. The van der Waals surface area contributed by atoms with Gasteiger partial charge in [0, 0.05) is 16.5 Å². The number of carbonyl (C=O) groups is 1. The van der Waals surface area contributed by atoms with Crippen LogP contribution in [0.25, 0.3) is 0 Å². The maximum atomic E-state index is 12.1. The molecule has 5 heteroatoms. The fourth-order valence-electron chi connectivity index (χ4n) is 2.79. The summed E-state index contributed by atoms with van der Waals surface area (Å²) in [6.45, 7) is 6.25. The summed E-state index contributed by atoms with van der Waals surface area (Å²) >= 11 is 7.45. The van der Waals surface area contributed by atoms with Crippen LogP contribution in [0.3, 0.4) is 0 Å². The number of halogens is 1. The van der Waals surface area contributed by atoms with Crippen LogP contribution in [0.15, 0.2) is 29.2 Å². The summed E-state index contributed by atoms with van der Waals surface area (Å²) in [4.78, 5) is 15.8. The molecule has 1 aromatic rings. The van der Waals surface area contributed by atoms with Crippen LogP contribution in [0.2, 0.25) is 5.02 Å². The lowest BCUT2D eigenvalue weighted by Gasteiger charge is -2.19. The van der Waals surface area contributed by atoms with Gasteiger partial charge in [0.1, 0.15) is 0 Å². The summed E-state index contributed by atoms with van der Waals surface area (Å²) in [6.07, 6.45) is 6.41. The van der Waals surface area contributed by atoms with Gasteiger partial charge in [-0.3, -0.25) is 4.79 Å². The highest BCUT2D eigenvalue weighted by atomic mass is 35.5. The molecule has 1 N–H and O–H groups in total. The molecule has 1 aromatic carbocycles. The molecule has 0 aromatic heterocycles. The third-order valence-electron chi connectivity index (χ3n) is 4.14. The molecule has 0 aliphatic carbocycles. The van der Waals surface area contributed by atoms with Gasteiger partial charge in [-0.2, -0.15) is 0 Å². The molecule has 0 spiro atoms. The molecule has 0 saturated carbocycles. The molecule has 2 rings (SSSR count). The number of carbonyl (C=O) groups excluding carboxylic acids is 1. The van der Waals surface area contributed by atoms with Crippen molar-refractivity contribution in [3.8, 4) is 0 Å². The third-order valence-corrected chi connectivity index (χ3v) is 5.51. The van der Waals surface area contributed by atoms with Crippen molar-refractivity contribution in [2.75, 3.05) is 26.2 Å². The summed E-state index contributed by atoms with van der Waals surface area (Å²) in [7, 11) is 0. The second-order valence-corrected chi connectivity index (χ2v) is 7.97. The Bertz CT molecular complexity index is 472. The van der Waals surface area contributed by atoms with Gasteiger partial charge < -0.3 is 10.2 Å². The zero-order valence-corrected chi connectivity index (χ0v) is 15.5. The number of nitrogens with one attached hydrogen (secondary N) is 1. The Morgan fingerprint density at radius 2 is 1.87 bits per heavy atom. The molecule has 0 unspecified atom stereocenters. The third kappa shape index (κ3) is 7.15. The minimum Gasteiger partial charge on any atom is -0.355 e. The molecule has 128 valence electrons. The quantitative estimate of drug-likeness (QED) is 0.588. The van der Waals surface area contributed by atoms with E-state index < -0.39 is 0 Å². The highest BCUT2D eigenvalue weighted by Gasteiger charge is 2.14. The van der Waals surface area contributed by atoms with Crippen LogP contribution < -0.4 is 5.32 Å². The molecular weight excluding hydrogens is 328 g/mol. The Kier molecular flexibility index (Phi) is 8.27. The van der Waals surface area contributed by atoms with E-state index in [-0.39, 0.29) is 11.2 Å². The van der Waals surface area contributed by atoms with Gasteiger partial charge in [-0.25, -0.2) is 0 Å². The lowest BCUT2D eigenvalue weighted by Crippen LogP contribution is -2.34. The van der Waals surface area contributed by atoms with Crippen molar-refractivity contribution in [2.24, 2.45) is 0 Å². The molecule has 1 fully saturated rings. The van der Waals surface area contributed by atoms with Gasteiger partial charge in [-0.15, -0.1) is 11.8 Å². The van der Waals surface area contributed by atoms with Crippen molar-refractivity contribution in [3.63, 3.8) is 0 Å². The predicted molar refractivity (Wildman–Crippen MR) is 99.3 cm³/mol. The lowest BCUT2D eigenvalue weighted by molar-refractivity contribution is -0.120. The Labute approximate surface area is 149 Å². The number of benzene rings is 1. The number of amides is 1. The summed E-state index contributed by atoms with van der Waals surface area (Å²) in [5, 5.41) is 3.69. The van der Waals surface area contributed by atoms with Gasteiger partial charge in [-0.1, -0.05) is 24.4 Å². The molecule has 1 aliphatic rings.